The number of halogens is 3. The second-order valence-corrected chi connectivity index (χ2v) is 9.45. The molecule has 8 heteroatoms. The zero-order valence-electron chi connectivity index (χ0n) is 15.9. The zero-order valence-corrected chi connectivity index (χ0v) is 19.0. The lowest BCUT2D eigenvalue weighted by Gasteiger charge is -2.36. The predicted molar refractivity (Wildman–Crippen MR) is 124 cm³/mol. The number of hydrogen-bond donors (Lipinski definition) is 0. The molecule has 4 rings (SSSR count). The molecule has 1 aliphatic rings. The van der Waals surface area contributed by atoms with E-state index in [9.17, 15) is 0 Å². The van der Waals surface area contributed by atoms with Gasteiger partial charge in [0.25, 0.3) is 0 Å². The minimum absolute atomic E-state index is 0.565. The van der Waals surface area contributed by atoms with Crippen molar-refractivity contribution in [3.8, 4) is 5.75 Å². The number of rotatable bonds is 7. The summed E-state index contributed by atoms with van der Waals surface area (Å²) < 4.78 is 7.53. The van der Waals surface area contributed by atoms with Gasteiger partial charge in [0.1, 0.15) is 5.75 Å². The van der Waals surface area contributed by atoms with Gasteiger partial charge in [-0.3, -0.25) is 4.90 Å². The number of ether oxygens (including phenoxy) is 1. The third kappa shape index (κ3) is 5.28. The Balaban J connectivity index is 1.16. The Morgan fingerprint density at radius 3 is 2.66 bits per heavy atom. The van der Waals surface area contributed by atoms with E-state index < -0.39 is 0 Å². The molecule has 2 aromatic carbocycles. The molecule has 0 aliphatic carbocycles. The van der Waals surface area contributed by atoms with Gasteiger partial charge >= 0.3 is 0 Å². The summed E-state index contributed by atoms with van der Waals surface area (Å²) in [5.41, 5.74) is 1.93. The van der Waals surface area contributed by atoms with Crippen LogP contribution in [-0.2, 0) is 0 Å². The molecule has 1 aromatic heterocycles. The highest BCUT2D eigenvalue weighted by molar-refractivity contribution is 7.22. The molecule has 0 spiro atoms. The Morgan fingerprint density at radius 1 is 1.00 bits per heavy atom. The SMILES string of the molecule is Clc1nc2cc(OCCCCN3CCN(c4cccc(Cl)c4Cl)CC3)ccc2s1. The third-order valence-electron chi connectivity index (χ3n) is 5.11. The zero-order chi connectivity index (χ0) is 20.2. The summed E-state index contributed by atoms with van der Waals surface area (Å²) in [6.07, 6.45) is 2.14. The number of unbranched alkanes of at least 4 members (excludes halogenated alkanes) is 1. The maximum Gasteiger partial charge on any atom is 0.184 e. The van der Waals surface area contributed by atoms with Crippen molar-refractivity contribution >= 4 is 62.0 Å². The smallest absolute Gasteiger partial charge is 0.184 e. The average Bonchev–Trinajstić information content (AvgIpc) is 3.10. The summed E-state index contributed by atoms with van der Waals surface area (Å²) in [6.45, 7) is 5.79. The Labute approximate surface area is 189 Å². The van der Waals surface area contributed by atoms with Gasteiger partial charge < -0.3 is 9.64 Å². The lowest BCUT2D eigenvalue weighted by atomic mass is 10.2. The Hall–Kier alpha value is -1.24. The van der Waals surface area contributed by atoms with E-state index in [0.29, 0.717) is 21.1 Å². The second kappa shape index (κ2) is 9.71. The van der Waals surface area contributed by atoms with Gasteiger partial charge in [0, 0.05) is 32.2 Å². The molecule has 3 aromatic rings. The molecule has 1 saturated heterocycles. The number of nitrogens with zero attached hydrogens (tertiary/aromatic N) is 3. The van der Waals surface area contributed by atoms with Crippen molar-refractivity contribution in [2.45, 2.75) is 12.8 Å². The summed E-state index contributed by atoms with van der Waals surface area (Å²) >= 11 is 19.9. The van der Waals surface area contributed by atoms with E-state index in [-0.39, 0.29) is 0 Å². The van der Waals surface area contributed by atoms with Gasteiger partial charge in [0.15, 0.2) is 4.47 Å². The minimum Gasteiger partial charge on any atom is -0.494 e. The van der Waals surface area contributed by atoms with E-state index in [0.717, 1.165) is 67.2 Å². The molecule has 0 saturated carbocycles. The van der Waals surface area contributed by atoms with Crippen molar-refractivity contribution in [2.24, 2.45) is 0 Å². The van der Waals surface area contributed by atoms with Gasteiger partial charge in [-0.2, -0.15) is 0 Å². The lowest BCUT2D eigenvalue weighted by Crippen LogP contribution is -2.46. The standard InChI is InChI=1S/C21H22Cl3N3OS/c22-16-4-3-5-18(20(16)23)27-11-9-26(10-12-27)8-1-2-13-28-15-6-7-19-17(14-15)25-21(24)29-19/h3-7,14H,1-2,8-13H2. The first-order valence-corrected chi connectivity index (χ1v) is 11.7. The fourth-order valence-electron chi connectivity index (χ4n) is 3.55. The fourth-order valence-corrected chi connectivity index (χ4v) is 4.97. The lowest BCUT2D eigenvalue weighted by molar-refractivity contribution is 0.238. The summed E-state index contributed by atoms with van der Waals surface area (Å²) in [7, 11) is 0. The molecular weight excluding hydrogens is 449 g/mol. The maximum atomic E-state index is 6.35. The van der Waals surface area contributed by atoms with Crippen LogP contribution in [0.4, 0.5) is 5.69 Å². The Morgan fingerprint density at radius 2 is 1.83 bits per heavy atom. The number of benzene rings is 2. The van der Waals surface area contributed by atoms with Gasteiger partial charge in [-0.05, 0) is 43.7 Å². The van der Waals surface area contributed by atoms with Gasteiger partial charge in [-0.25, -0.2) is 4.98 Å². The van der Waals surface area contributed by atoms with Crippen molar-refractivity contribution in [3.63, 3.8) is 0 Å². The molecule has 0 bridgehead atoms. The van der Waals surface area contributed by atoms with Crippen LogP contribution < -0.4 is 9.64 Å². The van der Waals surface area contributed by atoms with Crippen LogP contribution in [0.1, 0.15) is 12.8 Å². The van der Waals surface area contributed by atoms with Crippen LogP contribution in [0.2, 0.25) is 14.5 Å². The highest BCUT2D eigenvalue weighted by Crippen LogP contribution is 2.33. The largest absolute Gasteiger partial charge is 0.494 e. The number of hydrogen-bond acceptors (Lipinski definition) is 5. The van der Waals surface area contributed by atoms with Crippen molar-refractivity contribution in [3.05, 3.63) is 50.9 Å². The molecule has 1 aliphatic heterocycles. The highest BCUT2D eigenvalue weighted by atomic mass is 35.5. The van der Waals surface area contributed by atoms with E-state index in [1.165, 1.54) is 11.3 Å². The number of aromatic nitrogens is 1. The molecule has 0 amide bonds. The van der Waals surface area contributed by atoms with Crippen molar-refractivity contribution in [1.82, 2.24) is 9.88 Å². The molecule has 4 nitrogen and oxygen atoms in total. The molecule has 2 heterocycles. The molecule has 0 N–H and O–H groups in total. The van der Waals surface area contributed by atoms with Gasteiger partial charge in [-0.1, -0.05) is 40.9 Å². The summed E-state index contributed by atoms with van der Waals surface area (Å²) in [6, 6.07) is 11.8. The minimum atomic E-state index is 0.565. The molecule has 29 heavy (non-hydrogen) atoms. The number of piperazine rings is 1. The van der Waals surface area contributed by atoms with Crippen LogP contribution in [0, 0.1) is 0 Å². The van der Waals surface area contributed by atoms with Crippen LogP contribution in [0.3, 0.4) is 0 Å². The van der Waals surface area contributed by atoms with Crippen LogP contribution in [0.15, 0.2) is 36.4 Å². The van der Waals surface area contributed by atoms with E-state index in [1.54, 1.807) is 0 Å². The van der Waals surface area contributed by atoms with Gasteiger partial charge in [0.05, 0.1) is 32.6 Å². The van der Waals surface area contributed by atoms with Gasteiger partial charge in [0.2, 0.25) is 0 Å². The summed E-state index contributed by atoms with van der Waals surface area (Å²) in [5.74, 6) is 0.853. The topological polar surface area (TPSA) is 28.6 Å². The molecule has 0 atom stereocenters. The van der Waals surface area contributed by atoms with E-state index in [2.05, 4.69) is 14.8 Å². The normalized spacial score (nSPS) is 15.2. The first kappa shape index (κ1) is 21.0. The van der Waals surface area contributed by atoms with Crippen molar-refractivity contribution < 1.29 is 4.74 Å². The van der Waals surface area contributed by atoms with Crippen LogP contribution in [-0.4, -0.2) is 49.2 Å². The van der Waals surface area contributed by atoms with E-state index in [4.69, 9.17) is 39.5 Å². The average molecular weight is 471 g/mol. The monoisotopic (exact) mass is 469 g/mol. The molecule has 154 valence electrons. The van der Waals surface area contributed by atoms with Gasteiger partial charge in [-0.15, -0.1) is 11.3 Å². The highest BCUT2D eigenvalue weighted by Gasteiger charge is 2.19. The summed E-state index contributed by atoms with van der Waals surface area (Å²) in [5, 5.41) is 1.27. The molecular formula is C21H22Cl3N3OS. The van der Waals surface area contributed by atoms with E-state index in [1.807, 2.05) is 36.4 Å². The molecule has 1 fully saturated rings. The first-order valence-electron chi connectivity index (χ1n) is 9.70. The molecule has 0 unspecified atom stereocenters. The summed E-state index contributed by atoms with van der Waals surface area (Å²) in [4.78, 5) is 9.11. The van der Waals surface area contributed by atoms with Crippen LogP contribution >= 0.6 is 46.1 Å². The maximum absolute atomic E-state index is 6.35. The van der Waals surface area contributed by atoms with E-state index >= 15 is 0 Å². The third-order valence-corrected chi connectivity index (χ3v) is 7.06. The number of fused-ring (bicyclic) bond motifs is 1. The first-order chi connectivity index (χ1) is 14.1. The fraction of sp³-hybridized carbons (Fsp3) is 0.381. The quantitative estimate of drug-likeness (QED) is 0.382. The Bertz CT molecular complexity index is 973. The van der Waals surface area contributed by atoms with Crippen LogP contribution in [0.5, 0.6) is 5.75 Å². The van der Waals surface area contributed by atoms with Crippen molar-refractivity contribution in [2.75, 3.05) is 44.2 Å². The molecule has 0 radical (unpaired) electrons. The van der Waals surface area contributed by atoms with Crippen molar-refractivity contribution in [1.29, 1.82) is 0 Å². The van der Waals surface area contributed by atoms with Crippen LogP contribution in [0.25, 0.3) is 10.2 Å². The second-order valence-electron chi connectivity index (χ2n) is 7.05. The predicted octanol–water partition coefficient (Wildman–Crippen LogP) is 6.24. The Kier molecular flexibility index (Phi) is 7.04. The number of anilines is 1. The number of thiazole rings is 1.